The Balaban J connectivity index is 2.64. The lowest BCUT2D eigenvalue weighted by Gasteiger charge is -2.20. The molecule has 0 spiro atoms. The molecule has 0 atom stereocenters. The minimum atomic E-state index is -0.787. The molecule has 1 amide bonds. The van der Waals surface area contributed by atoms with Crippen molar-refractivity contribution < 1.29 is 19.2 Å². The Labute approximate surface area is 115 Å². The smallest absolute Gasteiger partial charge is 0.355 e. The van der Waals surface area contributed by atoms with Crippen LogP contribution in [-0.4, -0.2) is 33.5 Å². The number of hydrogen-bond acceptors (Lipinski definition) is 5. The Morgan fingerprint density at radius 3 is 2.50 bits per heavy atom. The fourth-order valence-corrected chi connectivity index (χ4v) is 1.51. The highest BCUT2D eigenvalue weighted by Gasteiger charge is 2.20. The molecule has 1 heterocycles. The lowest BCUT2D eigenvalue weighted by atomic mass is 10.1. The zero-order valence-corrected chi connectivity index (χ0v) is 11.8. The number of carbonyl (C=O) groups is 2. The Morgan fingerprint density at radius 2 is 2.05 bits per heavy atom. The molecule has 0 aliphatic rings. The number of amides is 1. The third kappa shape index (κ3) is 4.38. The van der Waals surface area contributed by atoms with Gasteiger partial charge in [-0.05, 0) is 20.8 Å². The Bertz CT molecular complexity index is 542. The van der Waals surface area contributed by atoms with E-state index >= 15 is 0 Å². The Kier molecular flexibility index (Phi) is 4.49. The summed E-state index contributed by atoms with van der Waals surface area (Å²) in [6.07, 6.45) is 1.20. The van der Waals surface area contributed by atoms with Crippen molar-refractivity contribution in [3.63, 3.8) is 0 Å². The zero-order valence-electron chi connectivity index (χ0n) is 11.8. The van der Waals surface area contributed by atoms with E-state index in [1.165, 1.54) is 17.8 Å². The van der Waals surface area contributed by atoms with Crippen molar-refractivity contribution in [1.29, 1.82) is 0 Å². The van der Waals surface area contributed by atoms with Crippen molar-refractivity contribution >= 4 is 17.6 Å². The van der Waals surface area contributed by atoms with E-state index in [0.717, 1.165) is 6.07 Å². The fourth-order valence-electron chi connectivity index (χ4n) is 1.51. The van der Waals surface area contributed by atoms with Crippen LogP contribution >= 0.6 is 0 Å². The molecule has 0 saturated heterocycles. The molecule has 1 aromatic rings. The summed E-state index contributed by atoms with van der Waals surface area (Å²) < 4.78 is 6.10. The highest BCUT2D eigenvalue weighted by atomic mass is 16.6. The maximum atomic E-state index is 11.7. The van der Waals surface area contributed by atoms with Gasteiger partial charge in [0.15, 0.2) is 6.61 Å². The van der Waals surface area contributed by atoms with E-state index < -0.39 is 28.9 Å². The van der Waals surface area contributed by atoms with Gasteiger partial charge in [0.1, 0.15) is 5.69 Å². The van der Waals surface area contributed by atoms with E-state index in [0.29, 0.717) is 0 Å². The minimum Gasteiger partial charge on any atom is -0.451 e. The van der Waals surface area contributed by atoms with E-state index in [9.17, 15) is 19.7 Å². The third-order valence-electron chi connectivity index (χ3n) is 2.26. The molecule has 8 heteroatoms. The molecule has 0 bridgehead atoms. The van der Waals surface area contributed by atoms with Crippen molar-refractivity contribution in [3.05, 3.63) is 28.1 Å². The highest BCUT2D eigenvalue weighted by molar-refractivity contribution is 5.90. The molecule has 0 saturated carbocycles. The van der Waals surface area contributed by atoms with Crippen molar-refractivity contribution in [2.24, 2.45) is 7.05 Å². The molecule has 110 valence electrons. The third-order valence-corrected chi connectivity index (χ3v) is 2.26. The molecule has 8 nitrogen and oxygen atoms in total. The summed E-state index contributed by atoms with van der Waals surface area (Å²) in [5.74, 6) is -1.22. The van der Waals surface area contributed by atoms with Crippen LogP contribution in [0, 0.1) is 10.1 Å². The molecular formula is C12H17N3O5. The molecule has 0 fully saturated rings. The minimum absolute atomic E-state index is 0.0141. The fraction of sp³-hybridized carbons (Fsp3) is 0.500. The lowest BCUT2D eigenvalue weighted by Crippen LogP contribution is -2.42. The second-order valence-corrected chi connectivity index (χ2v) is 5.33. The van der Waals surface area contributed by atoms with E-state index in [-0.39, 0.29) is 11.4 Å². The van der Waals surface area contributed by atoms with Crippen molar-refractivity contribution in [2.45, 2.75) is 26.3 Å². The van der Waals surface area contributed by atoms with Gasteiger partial charge in [-0.2, -0.15) is 0 Å². The summed E-state index contributed by atoms with van der Waals surface area (Å²) in [4.78, 5) is 33.2. The Hall–Kier alpha value is -2.38. The second-order valence-electron chi connectivity index (χ2n) is 5.33. The van der Waals surface area contributed by atoms with Gasteiger partial charge < -0.3 is 14.6 Å². The van der Waals surface area contributed by atoms with Gasteiger partial charge in [-0.15, -0.1) is 0 Å². The van der Waals surface area contributed by atoms with Gasteiger partial charge in [-0.1, -0.05) is 0 Å². The molecule has 1 rings (SSSR count). The van der Waals surface area contributed by atoms with Crippen LogP contribution in [0.4, 0.5) is 5.69 Å². The van der Waals surface area contributed by atoms with Crippen LogP contribution in [0.25, 0.3) is 0 Å². The van der Waals surface area contributed by atoms with Crippen molar-refractivity contribution in [3.8, 4) is 0 Å². The van der Waals surface area contributed by atoms with E-state index in [1.807, 2.05) is 0 Å². The monoisotopic (exact) mass is 283 g/mol. The average molecular weight is 283 g/mol. The summed E-state index contributed by atoms with van der Waals surface area (Å²) in [7, 11) is 1.48. The quantitative estimate of drug-likeness (QED) is 0.504. The van der Waals surface area contributed by atoms with Crippen molar-refractivity contribution in [2.75, 3.05) is 6.61 Å². The maximum Gasteiger partial charge on any atom is 0.355 e. The number of nitrogens with one attached hydrogen (secondary N) is 1. The molecule has 0 unspecified atom stereocenters. The molecule has 1 N–H and O–H groups in total. The van der Waals surface area contributed by atoms with Crippen LogP contribution in [0.15, 0.2) is 12.3 Å². The highest BCUT2D eigenvalue weighted by Crippen LogP contribution is 2.15. The van der Waals surface area contributed by atoms with Crippen LogP contribution in [0.2, 0.25) is 0 Å². The van der Waals surface area contributed by atoms with Crippen LogP contribution in [0.5, 0.6) is 0 Å². The molecule has 0 radical (unpaired) electrons. The number of aromatic nitrogens is 1. The van der Waals surface area contributed by atoms with Gasteiger partial charge >= 0.3 is 5.97 Å². The summed E-state index contributed by atoms with van der Waals surface area (Å²) in [6, 6.07) is 1.10. The summed E-state index contributed by atoms with van der Waals surface area (Å²) in [6.45, 7) is 4.96. The van der Waals surface area contributed by atoms with E-state index in [1.54, 1.807) is 20.8 Å². The molecular weight excluding hydrogens is 266 g/mol. The number of nitro groups is 1. The van der Waals surface area contributed by atoms with Gasteiger partial charge in [0.05, 0.1) is 11.1 Å². The number of nitrogens with zero attached hydrogens (tertiary/aromatic N) is 2. The normalized spacial score (nSPS) is 11.0. The molecule has 0 aliphatic carbocycles. The van der Waals surface area contributed by atoms with Gasteiger partial charge in [0.2, 0.25) is 0 Å². The topological polar surface area (TPSA) is 103 Å². The SMILES string of the molecule is Cn1cc([N+](=O)[O-])cc1C(=O)OCC(=O)NC(C)(C)C. The zero-order chi connectivity index (χ0) is 15.5. The van der Waals surface area contributed by atoms with Crippen molar-refractivity contribution in [1.82, 2.24) is 9.88 Å². The van der Waals surface area contributed by atoms with Gasteiger partial charge in [0, 0.05) is 18.7 Å². The largest absolute Gasteiger partial charge is 0.451 e. The number of hydrogen-bond donors (Lipinski definition) is 1. The summed E-state index contributed by atoms with van der Waals surface area (Å²) in [5, 5.41) is 13.2. The molecule has 1 aromatic heterocycles. The van der Waals surface area contributed by atoms with Gasteiger partial charge in [-0.25, -0.2) is 4.79 Å². The predicted molar refractivity (Wildman–Crippen MR) is 70.2 cm³/mol. The van der Waals surface area contributed by atoms with Crippen LogP contribution in [0.1, 0.15) is 31.3 Å². The maximum absolute atomic E-state index is 11.7. The van der Waals surface area contributed by atoms with Gasteiger partial charge in [0.25, 0.3) is 11.6 Å². The molecule has 0 aromatic carbocycles. The van der Waals surface area contributed by atoms with Gasteiger partial charge in [-0.3, -0.25) is 14.9 Å². The van der Waals surface area contributed by atoms with Crippen LogP contribution in [-0.2, 0) is 16.6 Å². The predicted octanol–water partition coefficient (Wildman–Crippen LogP) is 1.00. The average Bonchev–Trinajstić information content (AvgIpc) is 2.66. The van der Waals surface area contributed by atoms with E-state index in [4.69, 9.17) is 4.74 Å². The number of aryl methyl sites for hydroxylation is 1. The number of esters is 1. The lowest BCUT2D eigenvalue weighted by molar-refractivity contribution is -0.384. The summed E-state index contributed by atoms with van der Waals surface area (Å²) >= 11 is 0. The first-order chi connectivity index (χ1) is 9.10. The van der Waals surface area contributed by atoms with Crippen LogP contribution < -0.4 is 5.32 Å². The summed E-state index contributed by atoms with van der Waals surface area (Å²) in [5.41, 5.74) is -0.619. The number of ether oxygens (including phenoxy) is 1. The Morgan fingerprint density at radius 1 is 1.45 bits per heavy atom. The first-order valence-electron chi connectivity index (χ1n) is 5.89. The van der Waals surface area contributed by atoms with Crippen LogP contribution in [0.3, 0.4) is 0 Å². The standard InChI is InChI=1S/C12H17N3O5/c1-12(2,3)13-10(16)7-20-11(17)9-5-8(15(18)19)6-14(9)4/h5-6H,7H2,1-4H3,(H,13,16). The number of carbonyl (C=O) groups excluding carboxylic acids is 2. The molecule has 0 aliphatic heterocycles. The first kappa shape index (κ1) is 15.7. The van der Waals surface area contributed by atoms with E-state index in [2.05, 4.69) is 5.32 Å². The second kappa shape index (κ2) is 5.72. The first-order valence-corrected chi connectivity index (χ1v) is 5.89. The number of rotatable bonds is 4. The molecule has 20 heavy (non-hydrogen) atoms.